The number of rotatable bonds is 3. The number of pyridine rings is 1. The summed E-state index contributed by atoms with van der Waals surface area (Å²) in [6.45, 7) is 4.85. The van der Waals surface area contributed by atoms with Crippen molar-refractivity contribution in [2.24, 2.45) is 0 Å². The van der Waals surface area contributed by atoms with Crippen LogP contribution in [-0.2, 0) is 0 Å². The lowest BCUT2D eigenvalue weighted by molar-refractivity contribution is 1.04. The Morgan fingerprint density at radius 2 is 2.33 bits per heavy atom. The molecule has 4 heteroatoms. The van der Waals surface area contributed by atoms with E-state index in [1.54, 1.807) is 12.4 Å². The van der Waals surface area contributed by atoms with E-state index in [-0.39, 0.29) is 0 Å². The van der Waals surface area contributed by atoms with Crippen LogP contribution in [0.1, 0.15) is 13.8 Å². The molecule has 0 amide bonds. The molecule has 0 aliphatic heterocycles. The van der Waals surface area contributed by atoms with E-state index in [0.29, 0.717) is 5.11 Å². The highest BCUT2D eigenvalue weighted by Crippen LogP contribution is 2.01. The average Bonchev–Trinajstić information content (AvgIpc) is 2.18. The predicted octanol–water partition coefficient (Wildman–Crippen LogP) is 2.33. The van der Waals surface area contributed by atoms with Crippen LogP contribution in [0.15, 0.2) is 36.2 Å². The summed E-state index contributed by atoms with van der Waals surface area (Å²) in [5.41, 5.74) is 2.17. The van der Waals surface area contributed by atoms with E-state index < -0.39 is 0 Å². The normalized spacial score (nSPS) is 9.20. The van der Waals surface area contributed by atoms with Gasteiger partial charge in [-0.05, 0) is 38.2 Å². The molecule has 0 radical (unpaired) electrons. The maximum absolute atomic E-state index is 5.11. The Balaban J connectivity index is 2.34. The van der Waals surface area contributed by atoms with Crippen LogP contribution < -0.4 is 10.6 Å². The number of anilines is 1. The second-order valence-corrected chi connectivity index (χ2v) is 3.77. The molecule has 0 unspecified atom stereocenters. The Labute approximate surface area is 95.6 Å². The van der Waals surface area contributed by atoms with Crippen molar-refractivity contribution in [1.82, 2.24) is 10.3 Å². The molecule has 1 aromatic rings. The molecule has 1 rings (SSSR count). The van der Waals surface area contributed by atoms with Crippen molar-refractivity contribution in [3.8, 4) is 0 Å². The Hall–Kier alpha value is -1.42. The molecule has 3 nitrogen and oxygen atoms in total. The lowest BCUT2D eigenvalue weighted by atomic mass is 10.3. The largest absolute Gasteiger partial charge is 0.359 e. The van der Waals surface area contributed by atoms with Crippen LogP contribution in [0.3, 0.4) is 0 Å². The van der Waals surface area contributed by atoms with Crippen LogP contribution in [0.4, 0.5) is 5.69 Å². The van der Waals surface area contributed by atoms with Gasteiger partial charge in [-0.15, -0.1) is 0 Å². The molecule has 0 fully saturated rings. The fourth-order valence-electron chi connectivity index (χ4n) is 0.960. The molecule has 0 aliphatic rings. The second kappa shape index (κ2) is 6.14. The van der Waals surface area contributed by atoms with Gasteiger partial charge in [-0.2, -0.15) is 0 Å². The lowest BCUT2D eigenvalue weighted by Gasteiger charge is -2.08. The monoisotopic (exact) mass is 221 g/mol. The van der Waals surface area contributed by atoms with Crippen molar-refractivity contribution < 1.29 is 0 Å². The molecule has 2 N–H and O–H groups in total. The van der Waals surface area contributed by atoms with Gasteiger partial charge in [-0.25, -0.2) is 0 Å². The summed E-state index contributed by atoms with van der Waals surface area (Å²) in [5.74, 6) is 0. The fourth-order valence-corrected chi connectivity index (χ4v) is 1.16. The third-order valence-electron chi connectivity index (χ3n) is 1.69. The van der Waals surface area contributed by atoms with Gasteiger partial charge >= 0.3 is 0 Å². The molecule has 0 aromatic carbocycles. The number of aromatic nitrogens is 1. The molecule has 0 saturated heterocycles. The minimum absolute atomic E-state index is 0.612. The van der Waals surface area contributed by atoms with Crippen molar-refractivity contribution in [1.29, 1.82) is 0 Å². The summed E-state index contributed by atoms with van der Waals surface area (Å²) in [4.78, 5) is 3.98. The van der Waals surface area contributed by atoms with Crippen molar-refractivity contribution >= 4 is 23.0 Å². The van der Waals surface area contributed by atoms with E-state index in [1.807, 2.05) is 12.1 Å². The first kappa shape index (κ1) is 11.7. The zero-order valence-electron chi connectivity index (χ0n) is 8.95. The molecule has 0 bridgehead atoms. The number of nitrogens with one attached hydrogen (secondary N) is 2. The highest BCUT2D eigenvalue weighted by atomic mass is 32.1. The smallest absolute Gasteiger partial charge is 0.171 e. The van der Waals surface area contributed by atoms with Crippen LogP contribution in [0.25, 0.3) is 0 Å². The van der Waals surface area contributed by atoms with Gasteiger partial charge in [-0.3, -0.25) is 4.98 Å². The van der Waals surface area contributed by atoms with E-state index in [2.05, 4.69) is 35.5 Å². The number of nitrogens with zero attached hydrogens (tertiary/aromatic N) is 1. The van der Waals surface area contributed by atoms with Crippen LogP contribution >= 0.6 is 12.2 Å². The first-order chi connectivity index (χ1) is 7.18. The van der Waals surface area contributed by atoms with Gasteiger partial charge in [-0.1, -0.05) is 11.6 Å². The van der Waals surface area contributed by atoms with Crippen LogP contribution in [0.5, 0.6) is 0 Å². The molecular formula is C11H15N3S. The van der Waals surface area contributed by atoms with Gasteiger partial charge in [0.2, 0.25) is 0 Å². The number of allylic oxidation sites excluding steroid dienone is 1. The predicted molar refractivity (Wildman–Crippen MR) is 67.9 cm³/mol. The van der Waals surface area contributed by atoms with E-state index in [4.69, 9.17) is 12.2 Å². The van der Waals surface area contributed by atoms with E-state index in [0.717, 1.165) is 12.2 Å². The summed E-state index contributed by atoms with van der Waals surface area (Å²) >= 11 is 5.11. The Kier molecular flexibility index (Phi) is 4.77. The number of hydrogen-bond acceptors (Lipinski definition) is 2. The molecule has 1 aromatic heterocycles. The number of hydrogen-bond donors (Lipinski definition) is 2. The molecule has 0 aliphatic carbocycles. The van der Waals surface area contributed by atoms with Gasteiger partial charge in [0.15, 0.2) is 5.11 Å². The maximum Gasteiger partial charge on any atom is 0.171 e. The van der Waals surface area contributed by atoms with Crippen molar-refractivity contribution in [3.05, 3.63) is 36.2 Å². The fraction of sp³-hybridized carbons (Fsp3) is 0.273. The van der Waals surface area contributed by atoms with Gasteiger partial charge in [0.1, 0.15) is 0 Å². The van der Waals surface area contributed by atoms with E-state index in [1.165, 1.54) is 5.57 Å². The Bertz CT molecular complexity index is 342. The van der Waals surface area contributed by atoms with Gasteiger partial charge in [0.25, 0.3) is 0 Å². The van der Waals surface area contributed by atoms with Crippen molar-refractivity contribution in [3.63, 3.8) is 0 Å². The van der Waals surface area contributed by atoms with Crippen LogP contribution in [0, 0.1) is 0 Å². The maximum atomic E-state index is 5.11. The third-order valence-corrected chi connectivity index (χ3v) is 1.94. The van der Waals surface area contributed by atoms with Crippen molar-refractivity contribution in [2.45, 2.75) is 13.8 Å². The molecule has 80 valence electrons. The van der Waals surface area contributed by atoms with Gasteiger partial charge in [0.05, 0.1) is 11.9 Å². The van der Waals surface area contributed by atoms with Gasteiger partial charge < -0.3 is 10.6 Å². The second-order valence-electron chi connectivity index (χ2n) is 3.36. The highest BCUT2D eigenvalue weighted by molar-refractivity contribution is 7.80. The standard InChI is InChI=1S/C11H15N3S/c1-9(2)5-7-13-11(15)14-10-4-3-6-12-8-10/h3-6,8H,7H2,1-2H3,(H2,13,14,15). The molecule has 15 heavy (non-hydrogen) atoms. The molecule has 0 spiro atoms. The zero-order valence-corrected chi connectivity index (χ0v) is 9.77. The Morgan fingerprint density at radius 3 is 2.93 bits per heavy atom. The molecular weight excluding hydrogens is 206 g/mol. The molecule has 0 saturated carbocycles. The molecule has 0 atom stereocenters. The van der Waals surface area contributed by atoms with E-state index in [9.17, 15) is 0 Å². The summed E-state index contributed by atoms with van der Waals surface area (Å²) in [6, 6.07) is 3.78. The minimum atomic E-state index is 0.612. The van der Waals surface area contributed by atoms with Crippen molar-refractivity contribution in [2.75, 3.05) is 11.9 Å². The van der Waals surface area contributed by atoms with E-state index >= 15 is 0 Å². The third kappa shape index (κ3) is 5.12. The summed E-state index contributed by atoms with van der Waals surface area (Å²) in [6.07, 6.45) is 5.54. The summed E-state index contributed by atoms with van der Waals surface area (Å²) < 4.78 is 0. The van der Waals surface area contributed by atoms with Crippen LogP contribution in [0.2, 0.25) is 0 Å². The SMILES string of the molecule is CC(C)=CCNC(=S)Nc1cccnc1. The lowest BCUT2D eigenvalue weighted by Crippen LogP contribution is -2.28. The van der Waals surface area contributed by atoms with Gasteiger partial charge in [0, 0.05) is 12.7 Å². The van der Waals surface area contributed by atoms with Crippen LogP contribution in [-0.4, -0.2) is 16.6 Å². The average molecular weight is 221 g/mol. The highest BCUT2D eigenvalue weighted by Gasteiger charge is 1.94. The molecule has 1 heterocycles. The Morgan fingerprint density at radius 1 is 1.53 bits per heavy atom. The number of thiocarbonyl (C=S) groups is 1. The minimum Gasteiger partial charge on any atom is -0.359 e. The summed E-state index contributed by atoms with van der Waals surface area (Å²) in [7, 11) is 0. The topological polar surface area (TPSA) is 37.0 Å². The zero-order chi connectivity index (χ0) is 11.1. The first-order valence-corrected chi connectivity index (χ1v) is 5.17. The quantitative estimate of drug-likeness (QED) is 0.607. The summed E-state index contributed by atoms with van der Waals surface area (Å²) in [5, 5.41) is 6.73. The first-order valence-electron chi connectivity index (χ1n) is 4.77.